The van der Waals surface area contributed by atoms with Gasteiger partial charge in [0.05, 0.1) is 13.0 Å². The average Bonchev–Trinajstić information content (AvgIpc) is 2.51. The molecule has 1 unspecified atom stereocenters. The average molecular weight is 320 g/mol. The second-order valence-electron chi connectivity index (χ2n) is 4.30. The highest BCUT2D eigenvalue weighted by atomic mass is 79.9. The third-order valence-electron chi connectivity index (χ3n) is 2.70. The molecule has 0 aliphatic carbocycles. The molecule has 1 aliphatic rings. The van der Waals surface area contributed by atoms with Crippen LogP contribution >= 0.6 is 15.9 Å². The molecule has 1 fully saturated rings. The largest absolute Gasteiger partial charge is 0.456 e. The third-order valence-corrected chi connectivity index (χ3v) is 3.36. The molecule has 1 aromatic rings. The Labute approximate surface area is 112 Å². The highest BCUT2D eigenvalue weighted by Crippen LogP contribution is 2.31. The van der Waals surface area contributed by atoms with Crippen LogP contribution in [0.5, 0.6) is 0 Å². The van der Waals surface area contributed by atoms with Crippen molar-refractivity contribution in [3.8, 4) is 0 Å². The Kier molecular flexibility index (Phi) is 3.56. The highest BCUT2D eigenvalue weighted by Gasteiger charge is 2.50. The Hall–Kier alpha value is -1.17. The van der Waals surface area contributed by atoms with E-state index in [1.807, 2.05) is 25.1 Å². The van der Waals surface area contributed by atoms with Crippen molar-refractivity contribution in [2.45, 2.75) is 25.4 Å². The van der Waals surface area contributed by atoms with E-state index in [-0.39, 0.29) is 6.54 Å². The molecule has 0 amide bonds. The summed E-state index contributed by atoms with van der Waals surface area (Å²) < 4.78 is 31.3. The Morgan fingerprint density at radius 2 is 2.28 bits per heavy atom. The van der Waals surface area contributed by atoms with Crippen LogP contribution < -0.4 is 5.32 Å². The summed E-state index contributed by atoms with van der Waals surface area (Å²) in [6, 6.07) is 5.66. The van der Waals surface area contributed by atoms with Gasteiger partial charge in [0.15, 0.2) is 0 Å². The SMILES string of the molecule is Cc1ccc(NCC2CC(F)(F)C(=O)O2)c(Br)c1. The van der Waals surface area contributed by atoms with Gasteiger partial charge in [0, 0.05) is 10.2 Å². The zero-order chi connectivity index (χ0) is 13.3. The number of alkyl halides is 2. The van der Waals surface area contributed by atoms with Crippen LogP contribution in [0, 0.1) is 6.92 Å². The summed E-state index contributed by atoms with van der Waals surface area (Å²) in [5, 5.41) is 2.98. The number of carbonyl (C=O) groups is 1. The first kappa shape index (κ1) is 13.3. The quantitative estimate of drug-likeness (QED) is 0.870. The van der Waals surface area contributed by atoms with Crippen LogP contribution in [0.25, 0.3) is 0 Å². The second kappa shape index (κ2) is 4.84. The summed E-state index contributed by atoms with van der Waals surface area (Å²) in [5.74, 6) is -4.78. The maximum absolute atomic E-state index is 12.9. The van der Waals surface area contributed by atoms with E-state index >= 15 is 0 Å². The summed E-state index contributed by atoms with van der Waals surface area (Å²) in [7, 11) is 0. The third kappa shape index (κ3) is 2.80. The first-order chi connectivity index (χ1) is 8.38. The van der Waals surface area contributed by atoms with Gasteiger partial charge in [-0.05, 0) is 40.5 Å². The number of nitrogens with one attached hydrogen (secondary N) is 1. The zero-order valence-electron chi connectivity index (χ0n) is 9.67. The molecule has 2 rings (SSSR count). The number of carbonyl (C=O) groups excluding carboxylic acids is 1. The molecule has 0 saturated carbocycles. The van der Waals surface area contributed by atoms with Gasteiger partial charge in [-0.1, -0.05) is 6.07 Å². The second-order valence-corrected chi connectivity index (χ2v) is 5.15. The summed E-state index contributed by atoms with van der Waals surface area (Å²) in [6.07, 6.45) is -1.36. The standard InChI is InChI=1S/C12H12BrF2NO2/c1-7-2-3-10(9(13)4-7)16-6-8-5-12(14,15)11(17)18-8/h2-4,8,16H,5-6H2,1H3. The molecule has 0 bridgehead atoms. The van der Waals surface area contributed by atoms with Gasteiger partial charge >= 0.3 is 11.9 Å². The molecule has 1 N–H and O–H groups in total. The van der Waals surface area contributed by atoms with Crippen molar-refractivity contribution < 1.29 is 18.3 Å². The molecule has 1 atom stereocenters. The van der Waals surface area contributed by atoms with Gasteiger partial charge in [0.2, 0.25) is 0 Å². The van der Waals surface area contributed by atoms with Crippen LogP contribution in [0.3, 0.4) is 0 Å². The van der Waals surface area contributed by atoms with Crippen molar-refractivity contribution in [1.82, 2.24) is 0 Å². The Morgan fingerprint density at radius 3 is 2.83 bits per heavy atom. The Morgan fingerprint density at radius 1 is 1.56 bits per heavy atom. The van der Waals surface area contributed by atoms with E-state index in [4.69, 9.17) is 0 Å². The number of rotatable bonds is 3. The fourth-order valence-corrected chi connectivity index (χ4v) is 2.38. The van der Waals surface area contributed by atoms with Crippen molar-refractivity contribution in [3.63, 3.8) is 0 Å². The normalized spacial score (nSPS) is 21.8. The molecule has 0 aromatic heterocycles. The number of anilines is 1. The van der Waals surface area contributed by atoms with E-state index in [1.54, 1.807) is 0 Å². The summed E-state index contributed by atoms with van der Waals surface area (Å²) >= 11 is 3.37. The number of halogens is 3. The van der Waals surface area contributed by atoms with Gasteiger partial charge in [0.1, 0.15) is 6.10 Å². The van der Waals surface area contributed by atoms with Crippen LogP contribution in [0.15, 0.2) is 22.7 Å². The van der Waals surface area contributed by atoms with Crippen molar-refractivity contribution in [3.05, 3.63) is 28.2 Å². The first-order valence-corrected chi connectivity index (χ1v) is 6.27. The fraction of sp³-hybridized carbons (Fsp3) is 0.417. The predicted molar refractivity (Wildman–Crippen MR) is 66.8 cm³/mol. The van der Waals surface area contributed by atoms with Gasteiger partial charge in [-0.3, -0.25) is 0 Å². The zero-order valence-corrected chi connectivity index (χ0v) is 11.3. The van der Waals surface area contributed by atoms with Crippen LogP contribution in [0.4, 0.5) is 14.5 Å². The van der Waals surface area contributed by atoms with Crippen LogP contribution in [-0.2, 0) is 9.53 Å². The van der Waals surface area contributed by atoms with Gasteiger partial charge in [0.25, 0.3) is 0 Å². The molecule has 98 valence electrons. The van der Waals surface area contributed by atoms with E-state index in [0.717, 1.165) is 15.7 Å². The van der Waals surface area contributed by atoms with Gasteiger partial charge in [-0.15, -0.1) is 0 Å². The van der Waals surface area contributed by atoms with Gasteiger partial charge < -0.3 is 10.1 Å². The number of esters is 1. The topological polar surface area (TPSA) is 38.3 Å². The van der Waals surface area contributed by atoms with Crippen molar-refractivity contribution >= 4 is 27.6 Å². The summed E-state index contributed by atoms with van der Waals surface area (Å²) in [6.45, 7) is 2.12. The number of aryl methyl sites for hydroxylation is 1. The molecule has 1 heterocycles. The fourth-order valence-electron chi connectivity index (χ4n) is 1.75. The first-order valence-electron chi connectivity index (χ1n) is 5.47. The monoisotopic (exact) mass is 319 g/mol. The summed E-state index contributed by atoms with van der Waals surface area (Å²) in [5.41, 5.74) is 1.87. The predicted octanol–water partition coefficient (Wildman–Crippen LogP) is 3.12. The smallest absolute Gasteiger partial charge is 0.377 e. The van der Waals surface area contributed by atoms with Crippen LogP contribution in [-0.4, -0.2) is 24.5 Å². The van der Waals surface area contributed by atoms with Gasteiger partial charge in [-0.2, -0.15) is 8.78 Å². The molecule has 18 heavy (non-hydrogen) atoms. The minimum atomic E-state index is -3.35. The molecule has 1 saturated heterocycles. The number of benzene rings is 1. The minimum Gasteiger partial charge on any atom is -0.456 e. The molecule has 1 aromatic carbocycles. The van der Waals surface area contributed by atoms with Crippen molar-refractivity contribution in [1.29, 1.82) is 0 Å². The van der Waals surface area contributed by atoms with E-state index in [2.05, 4.69) is 26.0 Å². The number of cyclic esters (lactones) is 1. The van der Waals surface area contributed by atoms with E-state index in [0.29, 0.717) is 0 Å². The maximum atomic E-state index is 12.9. The Bertz CT molecular complexity index is 479. The van der Waals surface area contributed by atoms with Crippen molar-refractivity contribution in [2.75, 3.05) is 11.9 Å². The van der Waals surface area contributed by atoms with Crippen molar-refractivity contribution in [2.24, 2.45) is 0 Å². The van der Waals surface area contributed by atoms with Crippen LogP contribution in [0.2, 0.25) is 0 Å². The van der Waals surface area contributed by atoms with E-state index in [9.17, 15) is 13.6 Å². The lowest BCUT2D eigenvalue weighted by Gasteiger charge is -2.12. The molecule has 0 radical (unpaired) electrons. The molecule has 0 spiro atoms. The van der Waals surface area contributed by atoms with E-state index in [1.165, 1.54) is 0 Å². The number of ether oxygens (including phenoxy) is 1. The van der Waals surface area contributed by atoms with Crippen LogP contribution in [0.1, 0.15) is 12.0 Å². The lowest BCUT2D eigenvalue weighted by Crippen LogP contribution is -2.22. The summed E-state index contributed by atoms with van der Waals surface area (Å²) in [4.78, 5) is 10.8. The number of hydrogen-bond acceptors (Lipinski definition) is 3. The molecular formula is C12H12BrF2NO2. The minimum absolute atomic E-state index is 0.170. The maximum Gasteiger partial charge on any atom is 0.377 e. The Balaban J connectivity index is 1.95. The lowest BCUT2D eigenvalue weighted by molar-refractivity contribution is -0.158. The molecular weight excluding hydrogens is 308 g/mol. The molecule has 1 aliphatic heterocycles. The highest BCUT2D eigenvalue weighted by molar-refractivity contribution is 9.10. The molecule has 3 nitrogen and oxygen atoms in total. The molecule has 6 heteroatoms. The lowest BCUT2D eigenvalue weighted by atomic mass is 10.2. The number of hydrogen-bond donors (Lipinski definition) is 1. The van der Waals surface area contributed by atoms with E-state index < -0.39 is 24.4 Å². The van der Waals surface area contributed by atoms with Gasteiger partial charge in [-0.25, -0.2) is 4.79 Å².